The minimum Gasteiger partial charge on any atom is -0.395 e. The Morgan fingerprint density at radius 3 is 2.88 bits per heavy atom. The number of carbonyl (C=O) groups is 1. The van der Waals surface area contributed by atoms with Crippen molar-refractivity contribution >= 4 is 11.7 Å². The highest BCUT2D eigenvalue weighted by molar-refractivity contribution is 5.90. The second kappa shape index (κ2) is 6.56. The van der Waals surface area contributed by atoms with Gasteiger partial charge in [-0.25, -0.2) is 4.79 Å². The molecule has 17 heavy (non-hydrogen) atoms. The number of hydrogen-bond donors (Lipinski definition) is 3. The smallest absolute Gasteiger partial charge is 0.319 e. The second-order valence-electron chi connectivity index (χ2n) is 3.53. The minimum absolute atomic E-state index is 0.0387. The lowest BCUT2D eigenvalue weighted by Crippen LogP contribution is -2.24. The Kier molecular flexibility index (Phi) is 5.05. The van der Waals surface area contributed by atoms with E-state index in [1.54, 1.807) is 7.05 Å². The van der Waals surface area contributed by atoms with Crippen molar-refractivity contribution in [1.29, 1.82) is 0 Å². The fourth-order valence-corrected chi connectivity index (χ4v) is 1.27. The number of amides is 2. The summed E-state index contributed by atoms with van der Waals surface area (Å²) in [7, 11) is 1.56. The maximum Gasteiger partial charge on any atom is 0.319 e. The van der Waals surface area contributed by atoms with Gasteiger partial charge in [0.05, 0.1) is 12.3 Å². The molecule has 90 valence electrons. The number of urea groups is 1. The molecule has 0 radical (unpaired) electrons. The van der Waals surface area contributed by atoms with Crippen LogP contribution in [0, 0.1) is 18.8 Å². The van der Waals surface area contributed by atoms with Crippen LogP contribution in [-0.2, 0) is 0 Å². The number of hydrogen-bond acceptors (Lipinski definition) is 2. The molecule has 0 unspecified atom stereocenters. The van der Waals surface area contributed by atoms with Gasteiger partial charge in [-0.05, 0) is 24.6 Å². The average molecular weight is 232 g/mol. The molecule has 4 nitrogen and oxygen atoms in total. The van der Waals surface area contributed by atoms with E-state index >= 15 is 0 Å². The van der Waals surface area contributed by atoms with Crippen molar-refractivity contribution in [3.63, 3.8) is 0 Å². The van der Waals surface area contributed by atoms with Gasteiger partial charge < -0.3 is 15.7 Å². The normalized spacial score (nSPS) is 9.12. The summed E-state index contributed by atoms with van der Waals surface area (Å²) in [5.41, 5.74) is 2.49. The summed E-state index contributed by atoms with van der Waals surface area (Å²) in [5, 5.41) is 13.9. The molecular weight excluding hydrogens is 216 g/mol. The number of benzene rings is 1. The Bertz CT molecular complexity index is 458. The zero-order valence-corrected chi connectivity index (χ0v) is 10.0. The van der Waals surface area contributed by atoms with Gasteiger partial charge in [0.15, 0.2) is 0 Å². The fourth-order valence-electron chi connectivity index (χ4n) is 1.27. The molecule has 0 aliphatic heterocycles. The van der Waals surface area contributed by atoms with Crippen LogP contribution in [0.5, 0.6) is 0 Å². The standard InChI is InChI=1S/C13H16N2O2/c1-10-6-7-12(15-13(17)14-2)11(9-10)5-3-4-8-16/h6-7,9,16H,4,8H2,1-2H3,(H2,14,15,17). The zero-order valence-electron chi connectivity index (χ0n) is 10.0. The van der Waals surface area contributed by atoms with Crippen LogP contribution in [0.3, 0.4) is 0 Å². The Hall–Kier alpha value is -1.99. The first-order valence-electron chi connectivity index (χ1n) is 5.36. The fraction of sp³-hybridized carbons (Fsp3) is 0.308. The highest BCUT2D eigenvalue weighted by Gasteiger charge is 2.03. The molecule has 0 aliphatic rings. The van der Waals surface area contributed by atoms with E-state index in [1.807, 2.05) is 25.1 Å². The van der Waals surface area contributed by atoms with Crippen molar-refractivity contribution in [3.8, 4) is 11.8 Å². The molecule has 0 atom stereocenters. The van der Waals surface area contributed by atoms with E-state index < -0.39 is 0 Å². The summed E-state index contributed by atoms with van der Waals surface area (Å²) in [6.07, 6.45) is 0.424. The molecular formula is C13H16N2O2. The highest BCUT2D eigenvalue weighted by Crippen LogP contribution is 2.16. The summed E-state index contributed by atoms with van der Waals surface area (Å²) in [6, 6.07) is 5.34. The Balaban J connectivity index is 2.96. The van der Waals surface area contributed by atoms with Gasteiger partial charge in [-0.15, -0.1) is 0 Å². The van der Waals surface area contributed by atoms with Crippen molar-refractivity contribution < 1.29 is 9.90 Å². The van der Waals surface area contributed by atoms with E-state index in [1.165, 1.54) is 0 Å². The molecule has 0 aromatic heterocycles. The predicted octanol–water partition coefficient (Wildman–Crippen LogP) is 1.48. The average Bonchev–Trinajstić information content (AvgIpc) is 2.32. The first-order chi connectivity index (χ1) is 8.17. The summed E-state index contributed by atoms with van der Waals surface area (Å²) >= 11 is 0. The number of aryl methyl sites for hydroxylation is 1. The molecule has 1 rings (SSSR count). The first-order valence-corrected chi connectivity index (χ1v) is 5.36. The Morgan fingerprint density at radius 2 is 2.24 bits per heavy atom. The summed E-state index contributed by atoms with van der Waals surface area (Å²) in [4.78, 5) is 11.2. The van der Waals surface area contributed by atoms with Gasteiger partial charge in [0.1, 0.15) is 0 Å². The van der Waals surface area contributed by atoms with E-state index in [0.717, 1.165) is 11.1 Å². The number of aliphatic hydroxyl groups excluding tert-OH is 1. The monoisotopic (exact) mass is 232 g/mol. The van der Waals surface area contributed by atoms with Crippen molar-refractivity contribution in [2.75, 3.05) is 19.0 Å². The van der Waals surface area contributed by atoms with Crippen LogP contribution in [0.15, 0.2) is 18.2 Å². The molecule has 0 saturated heterocycles. The number of rotatable bonds is 2. The van der Waals surface area contributed by atoms with Crippen LogP contribution in [0.4, 0.5) is 10.5 Å². The summed E-state index contributed by atoms with van der Waals surface area (Å²) in [5.74, 6) is 5.77. The van der Waals surface area contributed by atoms with Gasteiger partial charge >= 0.3 is 6.03 Å². The maximum absolute atomic E-state index is 11.2. The quantitative estimate of drug-likeness (QED) is 0.676. The lowest BCUT2D eigenvalue weighted by atomic mass is 10.1. The van der Waals surface area contributed by atoms with Gasteiger partial charge in [-0.1, -0.05) is 17.9 Å². The van der Waals surface area contributed by atoms with Crippen molar-refractivity contribution in [2.24, 2.45) is 0 Å². The molecule has 0 spiro atoms. The van der Waals surface area contributed by atoms with Crippen molar-refractivity contribution in [1.82, 2.24) is 5.32 Å². The zero-order chi connectivity index (χ0) is 12.7. The number of anilines is 1. The molecule has 1 aromatic rings. The molecule has 0 heterocycles. The van der Waals surface area contributed by atoms with E-state index in [0.29, 0.717) is 12.1 Å². The highest BCUT2D eigenvalue weighted by atomic mass is 16.2. The first kappa shape index (κ1) is 13.1. The van der Waals surface area contributed by atoms with Crippen LogP contribution < -0.4 is 10.6 Å². The number of carbonyl (C=O) groups excluding carboxylic acids is 1. The number of nitrogens with one attached hydrogen (secondary N) is 2. The van der Waals surface area contributed by atoms with E-state index in [4.69, 9.17) is 5.11 Å². The van der Waals surface area contributed by atoms with Crippen LogP contribution in [0.25, 0.3) is 0 Å². The van der Waals surface area contributed by atoms with Gasteiger partial charge in [0.2, 0.25) is 0 Å². The van der Waals surface area contributed by atoms with Crippen molar-refractivity contribution in [3.05, 3.63) is 29.3 Å². The topological polar surface area (TPSA) is 61.4 Å². The predicted molar refractivity (Wildman–Crippen MR) is 67.8 cm³/mol. The SMILES string of the molecule is CNC(=O)Nc1ccc(C)cc1C#CCCO. The van der Waals surface area contributed by atoms with Crippen LogP contribution in [0.2, 0.25) is 0 Å². The van der Waals surface area contributed by atoms with E-state index in [-0.39, 0.29) is 12.6 Å². The van der Waals surface area contributed by atoms with Crippen LogP contribution >= 0.6 is 0 Å². The molecule has 0 bridgehead atoms. The van der Waals surface area contributed by atoms with Crippen LogP contribution in [-0.4, -0.2) is 24.8 Å². The minimum atomic E-state index is -0.279. The van der Waals surface area contributed by atoms with Crippen LogP contribution in [0.1, 0.15) is 17.5 Å². The molecule has 0 fully saturated rings. The second-order valence-corrected chi connectivity index (χ2v) is 3.53. The van der Waals surface area contributed by atoms with Crippen molar-refractivity contribution in [2.45, 2.75) is 13.3 Å². The molecule has 1 aromatic carbocycles. The van der Waals surface area contributed by atoms with Gasteiger partial charge in [-0.3, -0.25) is 0 Å². The lowest BCUT2D eigenvalue weighted by Gasteiger charge is -2.07. The van der Waals surface area contributed by atoms with Gasteiger partial charge in [0.25, 0.3) is 0 Å². The third-order valence-corrected chi connectivity index (χ3v) is 2.11. The molecule has 0 aliphatic carbocycles. The summed E-state index contributed by atoms with van der Waals surface area (Å²) < 4.78 is 0. The summed E-state index contributed by atoms with van der Waals surface area (Å²) in [6.45, 7) is 2.00. The largest absolute Gasteiger partial charge is 0.395 e. The number of aliphatic hydroxyl groups is 1. The lowest BCUT2D eigenvalue weighted by molar-refractivity contribution is 0.254. The molecule has 0 saturated carbocycles. The maximum atomic E-state index is 11.2. The van der Waals surface area contributed by atoms with E-state index in [9.17, 15) is 4.79 Å². The third kappa shape index (κ3) is 4.17. The van der Waals surface area contributed by atoms with Gasteiger partial charge in [0, 0.05) is 19.0 Å². The Labute approximate surface area is 101 Å². The molecule has 2 amide bonds. The molecule has 4 heteroatoms. The Morgan fingerprint density at radius 1 is 1.47 bits per heavy atom. The van der Waals surface area contributed by atoms with E-state index in [2.05, 4.69) is 22.5 Å². The third-order valence-electron chi connectivity index (χ3n) is 2.11. The van der Waals surface area contributed by atoms with Gasteiger partial charge in [-0.2, -0.15) is 0 Å². The molecule has 3 N–H and O–H groups in total.